The summed E-state index contributed by atoms with van der Waals surface area (Å²) in [6, 6.07) is 31.3. The third kappa shape index (κ3) is 14.1. The van der Waals surface area contributed by atoms with Crippen molar-refractivity contribution in [2.45, 2.75) is 140 Å². The largest absolute Gasteiger partial charge is 0.390 e. The molecular weight excluding hydrogens is 576 g/mol. The molecule has 0 bridgehead atoms. The van der Waals surface area contributed by atoms with Crippen molar-refractivity contribution >= 4 is 0 Å². The van der Waals surface area contributed by atoms with Crippen LogP contribution >= 0.6 is 0 Å². The number of hydrogen-bond donors (Lipinski definition) is 1. The van der Waals surface area contributed by atoms with Crippen LogP contribution < -0.4 is 0 Å². The average molecular weight is 641 g/mol. The molecule has 0 aliphatic carbocycles. The van der Waals surface area contributed by atoms with Gasteiger partial charge in [0, 0.05) is 6.61 Å². The molecule has 0 saturated heterocycles. The zero-order chi connectivity index (χ0) is 33.3. The minimum Gasteiger partial charge on any atom is -0.390 e. The summed E-state index contributed by atoms with van der Waals surface area (Å²) in [5.41, 5.74) is 2.35. The molecule has 0 heterocycles. The quantitative estimate of drug-likeness (QED) is 0.0487. The maximum Gasteiger partial charge on any atom is 0.143 e. The molecule has 2 atom stereocenters. The Hall–Kier alpha value is -2.72. The van der Waals surface area contributed by atoms with Crippen molar-refractivity contribution in [2.24, 2.45) is 0 Å². The second-order valence-electron chi connectivity index (χ2n) is 13.2. The van der Waals surface area contributed by atoms with E-state index in [1.54, 1.807) is 0 Å². The van der Waals surface area contributed by atoms with Crippen molar-refractivity contribution in [2.75, 3.05) is 13.2 Å². The van der Waals surface area contributed by atoms with Gasteiger partial charge in [-0.2, -0.15) is 0 Å². The van der Waals surface area contributed by atoms with Gasteiger partial charge < -0.3 is 14.6 Å². The van der Waals surface area contributed by atoms with E-state index < -0.39 is 17.8 Å². The standard InChI is InChI=1S/C44H64O3/c1-3-5-7-9-10-11-12-13-14-15-16-17-18-28-36-42(45)43(46-37-29-8-6-4-2)38-47-44(39-30-22-19-23-31-39,40-32-24-20-25-33-40)41-34-26-21-27-35-41/h4,19-27,30-35,42-43,45H,2-3,5-18,28-29,36-38H2,1H3/t42?,43-/m1/s1. The number of benzene rings is 3. The Morgan fingerprint density at radius 3 is 1.45 bits per heavy atom. The molecular formula is C44H64O3. The molecule has 3 aromatic carbocycles. The van der Waals surface area contributed by atoms with Crippen molar-refractivity contribution in [3.05, 3.63) is 120 Å². The van der Waals surface area contributed by atoms with E-state index in [0.717, 1.165) is 55.2 Å². The molecule has 0 saturated carbocycles. The zero-order valence-electron chi connectivity index (χ0n) is 29.5. The normalized spacial score (nSPS) is 13.0. The predicted molar refractivity (Wildman–Crippen MR) is 200 cm³/mol. The van der Waals surface area contributed by atoms with E-state index in [1.807, 2.05) is 24.3 Å². The second kappa shape index (κ2) is 24.4. The molecule has 0 radical (unpaired) electrons. The van der Waals surface area contributed by atoms with Gasteiger partial charge in [0.05, 0.1) is 12.7 Å². The summed E-state index contributed by atoms with van der Waals surface area (Å²) in [6.45, 7) is 7.03. The minimum atomic E-state index is -0.830. The molecule has 47 heavy (non-hydrogen) atoms. The van der Waals surface area contributed by atoms with Crippen molar-refractivity contribution in [3.63, 3.8) is 0 Å². The van der Waals surface area contributed by atoms with Crippen LogP contribution in [0.1, 0.15) is 139 Å². The number of hydrogen-bond acceptors (Lipinski definition) is 3. The van der Waals surface area contributed by atoms with Gasteiger partial charge in [-0.15, -0.1) is 6.58 Å². The van der Waals surface area contributed by atoms with Gasteiger partial charge in [-0.1, -0.05) is 194 Å². The SMILES string of the molecule is C=CCCCCO[C@H](COC(c1ccccc1)(c1ccccc1)c1ccccc1)C(O)CCCCCCCCCCCCCCCC. The molecule has 0 amide bonds. The molecule has 3 heteroatoms. The summed E-state index contributed by atoms with van der Waals surface area (Å²) in [5.74, 6) is 0. The molecule has 0 spiro atoms. The Bertz CT molecular complexity index is 1050. The van der Waals surface area contributed by atoms with Crippen LogP contribution in [-0.2, 0) is 15.1 Å². The molecule has 0 fully saturated rings. The molecule has 3 nitrogen and oxygen atoms in total. The summed E-state index contributed by atoms with van der Waals surface area (Å²) in [7, 11) is 0. The van der Waals surface area contributed by atoms with Crippen molar-refractivity contribution in [1.29, 1.82) is 0 Å². The molecule has 0 aliphatic rings. The highest BCUT2D eigenvalue weighted by molar-refractivity contribution is 5.47. The first-order chi connectivity index (χ1) is 23.2. The first kappa shape index (κ1) is 38.7. The molecule has 1 unspecified atom stereocenters. The molecule has 1 N–H and O–H groups in total. The van der Waals surface area contributed by atoms with Crippen LogP contribution in [0.2, 0.25) is 0 Å². The fraction of sp³-hybridized carbons (Fsp3) is 0.545. The average Bonchev–Trinajstić information content (AvgIpc) is 3.12. The van der Waals surface area contributed by atoms with E-state index in [4.69, 9.17) is 9.47 Å². The van der Waals surface area contributed by atoms with E-state index in [0.29, 0.717) is 13.2 Å². The van der Waals surface area contributed by atoms with Crippen molar-refractivity contribution < 1.29 is 14.6 Å². The van der Waals surface area contributed by atoms with Gasteiger partial charge in [-0.25, -0.2) is 0 Å². The van der Waals surface area contributed by atoms with E-state index in [1.165, 1.54) is 77.0 Å². The second-order valence-corrected chi connectivity index (χ2v) is 13.2. The topological polar surface area (TPSA) is 38.7 Å². The third-order valence-electron chi connectivity index (χ3n) is 9.42. The Labute approximate surface area is 287 Å². The van der Waals surface area contributed by atoms with E-state index in [-0.39, 0.29) is 0 Å². The molecule has 258 valence electrons. The van der Waals surface area contributed by atoms with Crippen LogP contribution in [0.25, 0.3) is 0 Å². The molecule has 0 aliphatic heterocycles. The monoisotopic (exact) mass is 640 g/mol. The number of rotatable bonds is 28. The summed E-state index contributed by atoms with van der Waals surface area (Å²) in [5, 5.41) is 11.5. The highest BCUT2D eigenvalue weighted by Gasteiger charge is 2.39. The van der Waals surface area contributed by atoms with Crippen molar-refractivity contribution in [1.82, 2.24) is 0 Å². The third-order valence-corrected chi connectivity index (χ3v) is 9.42. The van der Waals surface area contributed by atoms with Crippen LogP contribution in [0.15, 0.2) is 104 Å². The fourth-order valence-electron chi connectivity index (χ4n) is 6.61. The van der Waals surface area contributed by atoms with E-state index >= 15 is 0 Å². The van der Waals surface area contributed by atoms with Crippen LogP contribution in [-0.4, -0.2) is 30.5 Å². The maximum atomic E-state index is 11.5. The lowest BCUT2D eigenvalue weighted by Gasteiger charge is -2.37. The number of ether oxygens (including phenoxy) is 2. The number of aliphatic hydroxyl groups is 1. The van der Waals surface area contributed by atoms with Crippen molar-refractivity contribution in [3.8, 4) is 0 Å². The Morgan fingerprint density at radius 1 is 0.596 bits per heavy atom. The molecule has 3 rings (SSSR count). The van der Waals surface area contributed by atoms with Gasteiger partial charge in [0.25, 0.3) is 0 Å². The summed E-state index contributed by atoms with van der Waals surface area (Å²) < 4.78 is 13.5. The summed E-state index contributed by atoms with van der Waals surface area (Å²) in [4.78, 5) is 0. The van der Waals surface area contributed by atoms with Gasteiger partial charge in [-0.05, 0) is 42.4 Å². The van der Waals surface area contributed by atoms with Gasteiger partial charge in [0.2, 0.25) is 0 Å². The lowest BCUT2D eigenvalue weighted by molar-refractivity contribution is -0.110. The molecule has 0 aromatic heterocycles. The molecule has 3 aromatic rings. The Kier molecular flexibility index (Phi) is 20.1. The van der Waals surface area contributed by atoms with Gasteiger partial charge in [0.1, 0.15) is 11.7 Å². The predicted octanol–water partition coefficient (Wildman–Crippen LogP) is 12.0. The van der Waals surface area contributed by atoms with Gasteiger partial charge in [-0.3, -0.25) is 0 Å². The van der Waals surface area contributed by atoms with Crippen LogP contribution in [0.3, 0.4) is 0 Å². The van der Waals surface area contributed by atoms with Crippen LogP contribution in [0, 0.1) is 0 Å². The lowest BCUT2D eigenvalue weighted by Crippen LogP contribution is -2.40. The van der Waals surface area contributed by atoms with Gasteiger partial charge in [0.15, 0.2) is 0 Å². The van der Waals surface area contributed by atoms with E-state index in [9.17, 15) is 5.11 Å². The van der Waals surface area contributed by atoms with E-state index in [2.05, 4.69) is 86.3 Å². The first-order valence-electron chi connectivity index (χ1n) is 18.9. The minimum absolute atomic E-state index is 0.292. The number of aliphatic hydroxyl groups excluding tert-OH is 1. The number of unbranched alkanes of at least 4 members (excludes halogenated alkanes) is 15. The maximum absolute atomic E-state index is 11.5. The lowest BCUT2D eigenvalue weighted by atomic mass is 9.80. The summed E-state index contributed by atoms with van der Waals surface area (Å²) in [6.07, 6.45) is 23.2. The first-order valence-corrected chi connectivity index (χ1v) is 18.9. The Balaban J connectivity index is 1.57. The van der Waals surface area contributed by atoms with Gasteiger partial charge >= 0.3 is 0 Å². The van der Waals surface area contributed by atoms with Crippen LogP contribution in [0.4, 0.5) is 0 Å². The Morgan fingerprint density at radius 2 is 1.02 bits per heavy atom. The fourth-order valence-corrected chi connectivity index (χ4v) is 6.61. The highest BCUT2D eigenvalue weighted by Crippen LogP contribution is 2.40. The zero-order valence-corrected chi connectivity index (χ0v) is 29.5. The van der Waals surface area contributed by atoms with Crippen LogP contribution in [0.5, 0.6) is 0 Å². The summed E-state index contributed by atoms with van der Waals surface area (Å²) >= 11 is 0. The smallest absolute Gasteiger partial charge is 0.143 e. The highest BCUT2D eigenvalue weighted by atomic mass is 16.6. The number of allylic oxidation sites excluding steroid dienone is 1.